The first-order chi connectivity index (χ1) is 5.11. The fourth-order valence-electron chi connectivity index (χ4n) is 0.760. The van der Waals surface area contributed by atoms with Gasteiger partial charge in [0, 0.05) is 11.9 Å². The van der Waals surface area contributed by atoms with Crippen LogP contribution < -0.4 is 0 Å². The molecule has 0 radical (unpaired) electrons. The van der Waals surface area contributed by atoms with E-state index in [2.05, 4.69) is 4.98 Å². The molecule has 60 valence electrons. The number of rotatable bonds is 1. The average molecular weight is 175 g/mol. The standard InChI is InChI=1S/C8H9NO2.Na.H/c1-5-3-7(8(10)11)4-9-6(5)2;;/h3-4H,1-2H3,(H,10,11);;. The van der Waals surface area contributed by atoms with Crippen molar-refractivity contribution < 1.29 is 9.90 Å². The monoisotopic (exact) mass is 175 g/mol. The van der Waals surface area contributed by atoms with Crippen molar-refractivity contribution in [3.8, 4) is 0 Å². The average Bonchev–Trinajstić information content (AvgIpc) is 1.94. The van der Waals surface area contributed by atoms with Crippen molar-refractivity contribution in [1.82, 2.24) is 4.98 Å². The molecule has 0 bridgehead atoms. The normalized spacial score (nSPS) is 8.83. The number of hydrogen-bond donors (Lipinski definition) is 1. The Labute approximate surface area is 93.1 Å². The van der Waals surface area contributed by atoms with Crippen molar-refractivity contribution in [2.45, 2.75) is 13.8 Å². The number of carboxylic acid groups (broad SMARTS) is 1. The Morgan fingerprint density at radius 1 is 1.50 bits per heavy atom. The molecule has 0 amide bonds. The van der Waals surface area contributed by atoms with E-state index in [9.17, 15) is 4.79 Å². The summed E-state index contributed by atoms with van der Waals surface area (Å²) in [5, 5.41) is 8.56. The summed E-state index contributed by atoms with van der Waals surface area (Å²) in [4.78, 5) is 14.3. The maximum absolute atomic E-state index is 10.4. The third-order valence-corrected chi connectivity index (χ3v) is 1.59. The van der Waals surface area contributed by atoms with Gasteiger partial charge in [0.1, 0.15) is 0 Å². The zero-order valence-corrected chi connectivity index (χ0v) is 6.46. The molecule has 0 aromatic carbocycles. The van der Waals surface area contributed by atoms with E-state index in [1.165, 1.54) is 6.20 Å². The molecule has 0 saturated carbocycles. The van der Waals surface area contributed by atoms with Gasteiger partial charge in [0.05, 0.1) is 5.56 Å². The summed E-state index contributed by atoms with van der Waals surface area (Å²) < 4.78 is 0. The van der Waals surface area contributed by atoms with Crippen LogP contribution in [0.25, 0.3) is 0 Å². The van der Waals surface area contributed by atoms with Crippen LogP contribution in [0, 0.1) is 13.8 Å². The molecule has 0 atom stereocenters. The Balaban J connectivity index is 0.00000121. The topological polar surface area (TPSA) is 50.2 Å². The fourth-order valence-corrected chi connectivity index (χ4v) is 0.760. The summed E-state index contributed by atoms with van der Waals surface area (Å²) in [5.41, 5.74) is 2.02. The Bertz CT molecular complexity index is 299. The molecule has 1 aromatic heterocycles. The predicted octanol–water partition coefficient (Wildman–Crippen LogP) is 0.748. The number of aromatic nitrogens is 1. The van der Waals surface area contributed by atoms with Crippen LogP contribution in [0.1, 0.15) is 21.6 Å². The zero-order chi connectivity index (χ0) is 8.43. The van der Waals surface area contributed by atoms with Crippen LogP contribution in [-0.4, -0.2) is 45.6 Å². The fraction of sp³-hybridized carbons (Fsp3) is 0.250. The van der Waals surface area contributed by atoms with Crippen molar-refractivity contribution >= 4 is 35.5 Å². The Morgan fingerprint density at radius 2 is 2.08 bits per heavy atom. The van der Waals surface area contributed by atoms with Gasteiger partial charge in [-0.1, -0.05) is 0 Å². The number of pyridine rings is 1. The van der Waals surface area contributed by atoms with Crippen LogP contribution >= 0.6 is 0 Å². The molecule has 1 aromatic rings. The second-order valence-electron chi connectivity index (χ2n) is 2.43. The predicted molar refractivity (Wildman–Crippen MR) is 47.8 cm³/mol. The molecule has 0 aliphatic heterocycles. The van der Waals surface area contributed by atoms with Gasteiger partial charge in [-0.3, -0.25) is 4.98 Å². The van der Waals surface area contributed by atoms with E-state index in [0.29, 0.717) is 0 Å². The minimum absolute atomic E-state index is 0. The molecule has 12 heavy (non-hydrogen) atoms. The zero-order valence-electron chi connectivity index (χ0n) is 6.46. The molecule has 3 nitrogen and oxygen atoms in total. The SMILES string of the molecule is Cc1cc(C(=O)O)cnc1C.[NaH]. The Kier molecular flexibility index (Phi) is 4.45. The van der Waals surface area contributed by atoms with Crippen molar-refractivity contribution in [2.24, 2.45) is 0 Å². The summed E-state index contributed by atoms with van der Waals surface area (Å²) in [6.45, 7) is 3.69. The number of carboxylic acids is 1. The molecule has 0 spiro atoms. The number of aromatic carboxylic acids is 1. The van der Waals surface area contributed by atoms with E-state index < -0.39 is 5.97 Å². The molecule has 4 heteroatoms. The van der Waals surface area contributed by atoms with Crippen LogP contribution in [0.5, 0.6) is 0 Å². The first-order valence-corrected chi connectivity index (χ1v) is 3.28. The molecule has 0 aliphatic carbocycles. The van der Waals surface area contributed by atoms with E-state index >= 15 is 0 Å². The van der Waals surface area contributed by atoms with E-state index in [1.807, 2.05) is 13.8 Å². The van der Waals surface area contributed by atoms with Crippen LogP contribution in [0.3, 0.4) is 0 Å². The summed E-state index contributed by atoms with van der Waals surface area (Å²) >= 11 is 0. The van der Waals surface area contributed by atoms with E-state index in [0.717, 1.165) is 11.3 Å². The first kappa shape index (κ1) is 11.6. The second-order valence-corrected chi connectivity index (χ2v) is 2.43. The Morgan fingerprint density at radius 3 is 2.50 bits per heavy atom. The summed E-state index contributed by atoms with van der Waals surface area (Å²) in [6, 6.07) is 1.62. The van der Waals surface area contributed by atoms with Crippen molar-refractivity contribution in [2.75, 3.05) is 0 Å². The van der Waals surface area contributed by atoms with Crippen LogP contribution in [0.4, 0.5) is 0 Å². The van der Waals surface area contributed by atoms with Crippen molar-refractivity contribution in [3.63, 3.8) is 0 Å². The van der Waals surface area contributed by atoms with Gasteiger partial charge < -0.3 is 5.11 Å². The summed E-state index contributed by atoms with van der Waals surface area (Å²) in [5.74, 6) is -0.930. The van der Waals surface area contributed by atoms with Gasteiger partial charge in [-0.05, 0) is 25.5 Å². The Hall–Kier alpha value is -0.380. The minimum atomic E-state index is -0.930. The number of nitrogens with zero attached hydrogens (tertiary/aromatic N) is 1. The van der Waals surface area contributed by atoms with Gasteiger partial charge in [-0.25, -0.2) is 4.79 Å². The van der Waals surface area contributed by atoms with Crippen LogP contribution in [0.2, 0.25) is 0 Å². The third-order valence-electron chi connectivity index (χ3n) is 1.59. The van der Waals surface area contributed by atoms with Gasteiger partial charge >= 0.3 is 35.5 Å². The quantitative estimate of drug-likeness (QED) is 0.640. The van der Waals surface area contributed by atoms with Crippen LogP contribution in [-0.2, 0) is 0 Å². The molecule has 1 heterocycles. The number of hydrogen-bond acceptors (Lipinski definition) is 2. The van der Waals surface area contributed by atoms with Gasteiger partial charge in [-0.15, -0.1) is 0 Å². The number of aryl methyl sites for hydroxylation is 2. The molecule has 0 unspecified atom stereocenters. The molecule has 0 saturated heterocycles. The van der Waals surface area contributed by atoms with Gasteiger partial charge in [0.15, 0.2) is 0 Å². The van der Waals surface area contributed by atoms with Gasteiger partial charge in [-0.2, -0.15) is 0 Å². The third kappa shape index (κ3) is 2.59. The molecule has 0 aliphatic rings. The second kappa shape index (κ2) is 4.60. The molecule has 1 rings (SSSR count). The molecular formula is C8H10NNaO2. The summed E-state index contributed by atoms with van der Waals surface area (Å²) in [7, 11) is 0. The van der Waals surface area contributed by atoms with E-state index in [4.69, 9.17) is 5.11 Å². The van der Waals surface area contributed by atoms with Gasteiger partial charge in [0.2, 0.25) is 0 Å². The van der Waals surface area contributed by atoms with Crippen molar-refractivity contribution in [1.29, 1.82) is 0 Å². The molecule has 0 fully saturated rings. The van der Waals surface area contributed by atoms with E-state index in [-0.39, 0.29) is 35.1 Å². The number of carbonyl (C=O) groups is 1. The van der Waals surface area contributed by atoms with Crippen LogP contribution in [0.15, 0.2) is 12.3 Å². The summed E-state index contributed by atoms with van der Waals surface area (Å²) in [6.07, 6.45) is 1.37. The van der Waals surface area contributed by atoms with Gasteiger partial charge in [0.25, 0.3) is 0 Å². The first-order valence-electron chi connectivity index (χ1n) is 3.28. The van der Waals surface area contributed by atoms with E-state index in [1.54, 1.807) is 6.07 Å². The molecular weight excluding hydrogens is 165 g/mol. The molecule has 1 N–H and O–H groups in total. The maximum atomic E-state index is 10.4. The van der Waals surface area contributed by atoms with Crippen molar-refractivity contribution in [3.05, 3.63) is 29.1 Å².